The van der Waals surface area contributed by atoms with Gasteiger partial charge in [0.25, 0.3) is 0 Å². The Morgan fingerprint density at radius 3 is 2.61 bits per heavy atom. The maximum Gasteiger partial charge on any atom is 0.228 e. The summed E-state index contributed by atoms with van der Waals surface area (Å²) in [4.78, 5) is 4.81. The lowest BCUT2D eigenvalue weighted by molar-refractivity contribution is -0.660. The van der Waals surface area contributed by atoms with E-state index < -0.39 is 6.37 Å². The highest BCUT2D eigenvalue weighted by atomic mass is 16.3. The van der Waals surface area contributed by atoms with Crippen molar-refractivity contribution in [3.8, 4) is 11.3 Å². The molecule has 166 valence electrons. The zero-order chi connectivity index (χ0) is 24.3. The van der Waals surface area contributed by atoms with Gasteiger partial charge in [-0.2, -0.15) is 0 Å². The molecule has 0 aliphatic heterocycles. The number of rotatable bonds is 3. The fourth-order valence-electron chi connectivity index (χ4n) is 5.52. The van der Waals surface area contributed by atoms with Crippen LogP contribution in [0.4, 0.5) is 0 Å². The molecular weight excluding hydrogens is 404 g/mol. The van der Waals surface area contributed by atoms with Gasteiger partial charge in [0.1, 0.15) is 7.05 Å². The van der Waals surface area contributed by atoms with Crippen LogP contribution in [0.25, 0.3) is 44.1 Å². The van der Waals surface area contributed by atoms with E-state index in [1.807, 2.05) is 38.4 Å². The monoisotopic (exact) mass is 437 g/mol. The first kappa shape index (κ1) is 18.3. The number of furan rings is 1. The van der Waals surface area contributed by atoms with Gasteiger partial charge in [0.15, 0.2) is 11.8 Å². The van der Waals surface area contributed by atoms with Crippen molar-refractivity contribution >= 4 is 32.8 Å². The van der Waals surface area contributed by atoms with E-state index in [9.17, 15) is 0 Å². The van der Waals surface area contributed by atoms with Crippen LogP contribution in [-0.2, 0) is 13.4 Å². The lowest BCUT2D eigenvalue weighted by atomic mass is 9.85. The second kappa shape index (κ2) is 7.98. The van der Waals surface area contributed by atoms with Crippen LogP contribution in [0.2, 0.25) is 0 Å². The van der Waals surface area contributed by atoms with E-state index in [-0.39, 0.29) is 5.92 Å². The minimum atomic E-state index is -1.35. The molecule has 0 spiro atoms. The molecule has 6 rings (SSSR count). The minimum Gasteiger partial charge on any atom is -0.437 e. The van der Waals surface area contributed by atoms with E-state index in [1.165, 1.54) is 6.42 Å². The van der Waals surface area contributed by atoms with Crippen molar-refractivity contribution < 1.29 is 11.7 Å². The van der Waals surface area contributed by atoms with Gasteiger partial charge in [-0.1, -0.05) is 68.5 Å². The summed E-state index contributed by atoms with van der Waals surface area (Å²) in [5, 5.41) is 4.37. The Bertz CT molecular complexity index is 1600. The van der Waals surface area contributed by atoms with E-state index in [4.69, 9.17) is 12.1 Å². The van der Waals surface area contributed by atoms with Crippen molar-refractivity contribution in [2.45, 2.75) is 52.3 Å². The average molecular weight is 438 g/mol. The van der Waals surface area contributed by atoms with E-state index in [0.29, 0.717) is 5.71 Å². The maximum atomic E-state index is 9.03. The highest BCUT2D eigenvalue weighted by Gasteiger charge is 2.23. The third-order valence-corrected chi connectivity index (χ3v) is 7.29. The van der Waals surface area contributed by atoms with E-state index in [0.717, 1.165) is 80.9 Å². The van der Waals surface area contributed by atoms with Gasteiger partial charge in [-0.25, -0.2) is 9.55 Å². The molecule has 1 saturated carbocycles. The van der Waals surface area contributed by atoms with Crippen molar-refractivity contribution in [1.82, 2.24) is 4.98 Å². The molecule has 0 bridgehead atoms. The van der Waals surface area contributed by atoms with Crippen LogP contribution in [0.3, 0.4) is 0 Å². The summed E-state index contributed by atoms with van der Waals surface area (Å²) in [6.07, 6.45) is 6.01. The first-order valence-electron chi connectivity index (χ1n) is 13.1. The molecule has 3 heteroatoms. The Labute approximate surface area is 197 Å². The molecule has 33 heavy (non-hydrogen) atoms. The van der Waals surface area contributed by atoms with Crippen molar-refractivity contribution in [3.05, 3.63) is 71.5 Å². The Hall–Kier alpha value is -3.20. The van der Waals surface area contributed by atoms with Crippen molar-refractivity contribution in [2.24, 2.45) is 13.0 Å². The number of fused-ring (bicyclic) bond motifs is 5. The van der Waals surface area contributed by atoms with Gasteiger partial charge in [-0.3, -0.25) is 0 Å². The van der Waals surface area contributed by atoms with Crippen molar-refractivity contribution in [1.29, 1.82) is 0 Å². The number of hydrogen-bond donors (Lipinski definition) is 0. The summed E-state index contributed by atoms with van der Waals surface area (Å²) in [7, 11) is 2.02. The zero-order valence-corrected chi connectivity index (χ0v) is 19.6. The standard InChI is InChI=1S/C30H31N2O/c1-19-13-14-25-28-24-12-8-7-11-23(24)20(2)31-30(28)33-29(25)27(19)26-18-22(15-16-32(26)3)17-21-9-5-4-6-10-21/h7-8,11-16,18,21H,4-6,9-10,17H2,1-3H3/q+1/i17D2. The average Bonchev–Trinajstić information content (AvgIpc) is 3.23. The molecule has 0 atom stereocenters. The van der Waals surface area contributed by atoms with Crippen LogP contribution in [-0.4, -0.2) is 4.98 Å². The fourth-order valence-corrected chi connectivity index (χ4v) is 5.52. The summed E-state index contributed by atoms with van der Waals surface area (Å²) in [5.74, 6) is 0.0680. The second-order valence-corrected chi connectivity index (χ2v) is 9.55. The molecule has 3 aromatic heterocycles. The van der Waals surface area contributed by atoms with Gasteiger partial charge in [0.2, 0.25) is 11.4 Å². The molecule has 0 N–H and O–H groups in total. The predicted molar refractivity (Wildman–Crippen MR) is 135 cm³/mol. The van der Waals surface area contributed by atoms with Crippen LogP contribution in [0.1, 0.15) is 51.7 Å². The molecule has 5 aromatic rings. The predicted octanol–water partition coefficient (Wildman–Crippen LogP) is 7.37. The minimum absolute atomic E-state index is 0.0680. The number of aromatic nitrogens is 2. The number of benzene rings is 2. The summed E-state index contributed by atoms with van der Waals surface area (Å²) >= 11 is 0. The largest absolute Gasteiger partial charge is 0.437 e. The molecule has 3 heterocycles. The molecule has 2 aromatic carbocycles. The number of pyridine rings is 2. The van der Waals surface area contributed by atoms with Gasteiger partial charge in [-0.05, 0) is 42.7 Å². The molecule has 0 amide bonds. The first-order valence-corrected chi connectivity index (χ1v) is 12.1. The van der Waals surface area contributed by atoms with Crippen LogP contribution < -0.4 is 4.57 Å². The zero-order valence-electron chi connectivity index (χ0n) is 21.6. The van der Waals surface area contributed by atoms with Gasteiger partial charge >= 0.3 is 0 Å². The summed E-state index contributed by atoms with van der Waals surface area (Å²) < 4.78 is 26.6. The topological polar surface area (TPSA) is 29.9 Å². The first-order chi connectivity index (χ1) is 16.9. The molecule has 1 aliphatic carbocycles. The van der Waals surface area contributed by atoms with E-state index >= 15 is 0 Å². The van der Waals surface area contributed by atoms with Crippen molar-refractivity contribution in [3.63, 3.8) is 0 Å². The molecule has 3 nitrogen and oxygen atoms in total. The van der Waals surface area contributed by atoms with Gasteiger partial charge in [-0.15, -0.1) is 0 Å². The highest BCUT2D eigenvalue weighted by Crippen LogP contribution is 2.40. The quantitative estimate of drug-likeness (QED) is 0.276. The Kier molecular flexibility index (Phi) is 4.42. The van der Waals surface area contributed by atoms with Crippen LogP contribution in [0, 0.1) is 19.8 Å². The normalized spacial score (nSPS) is 16.5. The van der Waals surface area contributed by atoms with E-state index in [2.05, 4.69) is 41.8 Å². The number of nitrogens with zero attached hydrogens (tertiary/aromatic N) is 2. The number of hydrogen-bond acceptors (Lipinski definition) is 2. The van der Waals surface area contributed by atoms with Gasteiger partial charge < -0.3 is 4.42 Å². The molecule has 0 radical (unpaired) electrons. The number of aryl methyl sites for hydroxylation is 3. The molecular formula is C30H31N2O+. The Balaban J connectivity index is 1.60. The van der Waals surface area contributed by atoms with Gasteiger partial charge in [0.05, 0.1) is 10.9 Å². The van der Waals surface area contributed by atoms with E-state index in [1.54, 1.807) is 0 Å². The van der Waals surface area contributed by atoms with Crippen LogP contribution in [0.15, 0.2) is 59.1 Å². The SMILES string of the molecule is [2H]C([2H])(c1cc[n+](C)c(-c2c(C)ccc3c2oc2nc(C)c4ccccc4c23)c1)C1CCCCC1. The molecule has 1 aliphatic rings. The lowest BCUT2D eigenvalue weighted by Gasteiger charge is -2.21. The maximum absolute atomic E-state index is 9.03. The summed E-state index contributed by atoms with van der Waals surface area (Å²) in [5.41, 5.74) is 6.25. The summed E-state index contributed by atoms with van der Waals surface area (Å²) in [6.45, 7) is 4.12. The van der Waals surface area contributed by atoms with Crippen LogP contribution in [0.5, 0.6) is 0 Å². The van der Waals surface area contributed by atoms with Crippen LogP contribution >= 0.6 is 0 Å². The highest BCUT2D eigenvalue weighted by molar-refractivity contribution is 6.20. The lowest BCUT2D eigenvalue weighted by Crippen LogP contribution is -2.31. The third kappa shape index (κ3) is 3.42. The molecule has 0 saturated heterocycles. The van der Waals surface area contributed by atoms with Crippen molar-refractivity contribution in [2.75, 3.05) is 0 Å². The summed E-state index contributed by atoms with van der Waals surface area (Å²) in [6, 6.07) is 16.6. The molecule has 1 fully saturated rings. The Morgan fingerprint density at radius 2 is 1.79 bits per heavy atom. The smallest absolute Gasteiger partial charge is 0.228 e. The molecule has 0 unspecified atom stereocenters. The fraction of sp³-hybridized carbons (Fsp3) is 0.333. The second-order valence-electron chi connectivity index (χ2n) is 9.55. The third-order valence-electron chi connectivity index (χ3n) is 7.29. The Morgan fingerprint density at radius 1 is 1.00 bits per heavy atom. The van der Waals surface area contributed by atoms with Gasteiger partial charge in [0, 0.05) is 31.3 Å².